The Morgan fingerprint density at radius 3 is 2.61 bits per heavy atom. The minimum absolute atomic E-state index is 0.0124. The molecule has 3 rings (SSSR count). The average molecular weight is 251 g/mol. The molecule has 98 valence electrons. The van der Waals surface area contributed by atoms with Crippen molar-refractivity contribution in [2.45, 2.75) is 25.6 Å². The Morgan fingerprint density at radius 2 is 2.06 bits per heavy atom. The van der Waals surface area contributed by atoms with Crippen LogP contribution in [0.4, 0.5) is 0 Å². The van der Waals surface area contributed by atoms with E-state index in [1.165, 1.54) is 0 Å². The number of hydrogen-bond acceptors (Lipinski definition) is 4. The van der Waals surface area contributed by atoms with Gasteiger partial charge in [0.15, 0.2) is 5.79 Å². The van der Waals surface area contributed by atoms with Crippen LogP contribution in [0.15, 0.2) is 6.33 Å². The molecule has 6 heteroatoms. The van der Waals surface area contributed by atoms with Gasteiger partial charge >= 0.3 is 0 Å². The third kappa shape index (κ3) is 1.91. The maximum Gasteiger partial charge on any atom is 0.274 e. The topological polar surface area (TPSA) is 67.5 Å². The Balaban J connectivity index is 1.66. The lowest BCUT2D eigenvalue weighted by atomic mass is 10.0. The molecule has 1 spiro atoms. The summed E-state index contributed by atoms with van der Waals surface area (Å²) in [7, 11) is 0. The van der Waals surface area contributed by atoms with Gasteiger partial charge in [0.05, 0.1) is 19.5 Å². The van der Waals surface area contributed by atoms with Gasteiger partial charge in [0.1, 0.15) is 5.69 Å². The number of nitrogens with one attached hydrogen (secondary N) is 1. The Bertz CT molecular complexity index is 441. The smallest absolute Gasteiger partial charge is 0.274 e. The van der Waals surface area contributed by atoms with Crippen LogP contribution < -0.4 is 0 Å². The first kappa shape index (κ1) is 11.7. The maximum absolute atomic E-state index is 12.2. The van der Waals surface area contributed by atoms with Crippen molar-refractivity contribution in [3.8, 4) is 0 Å². The van der Waals surface area contributed by atoms with E-state index in [2.05, 4.69) is 9.97 Å². The highest BCUT2D eigenvalue weighted by atomic mass is 16.7. The van der Waals surface area contributed by atoms with Crippen molar-refractivity contribution in [1.82, 2.24) is 14.9 Å². The number of ether oxygens (including phenoxy) is 2. The molecule has 2 saturated heterocycles. The number of piperidine rings is 1. The maximum atomic E-state index is 12.2. The third-order valence-corrected chi connectivity index (χ3v) is 3.66. The molecule has 6 nitrogen and oxygen atoms in total. The predicted octanol–water partition coefficient (Wildman–Crippen LogP) is 0.697. The first-order chi connectivity index (χ1) is 8.70. The highest BCUT2D eigenvalue weighted by Crippen LogP contribution is 2.31. The molecule has 0 atom stereocenters. The molecule has 0 bridgehead atoms. The first-order valence-corrected chi connectivity index (χ1v) is 6.27. The molecule has 3 heterocycles. The van der Waals surface area contributed by atoms with Crippen LogP contribution in [0.2, 0.25) is 0 Å². The Labute approximate surface area is 105 Å². The second kappa shape index (κ2) is 4.37. The van der Waals surface area contributed by atoms with Crippen LogP contribution in [-0.2, 0) is 9.47 Å². The van der Waals surface area contributed by atoms with E-state index in [0.717, 1.165) is 18.5 Å². The Hall–Kier alpha value is -1.40. The van der Waals surface area contributed by atoms with Crippen LogP contribution in [0.1, 0.15) is 29.0 Å². The number of likely N-dealkylation sites (tertiary alicyclic amines) is 1. The highest BCUT2D eigenvalue weighted by Gasteiger charge is 2.41. The van der Waals surface area contributed by atoms with Crippen molar-refractivity contribution in [2.24, 2.45) is 0 Å². The van der Waals surface area contributed by atoms with E-state index in [1.54, 1.807) is 6.33 Å². The highest BCUT2D eigenvalue weighted by molar-refractivity contribution is 5.93. The van der Waals surface area contributed by atoms with Crippen LogP contribution >= 0.6 is 0 Å². The predicted molar refractivity (Wildman–Crippen MR) is 63.1 cm³/mol. The van der Waals surface area contributed by atoms with E-state index >= 15 is 0 Å². The van der Waals surface area contributed by atoms with Gasteiger partial charge in [-0.15, -0.1) is 0 Å². The molecule has 0 saturated carbocycles. The molecule has 0 unspecified atom stereocenters. The lowest BCUT2D eigenvalue weighted by Gasteiger charge is -2.37. The van der Waals surface area contributed by atoms with E-state index in [-0.39, 0.29) is 5.91 Å². The normalized spacial score (nSPS) is 22.6. The third-order valence-electron chi connectivity index (χ3n) is 3.66. The molecule has 0 aromatic carbocycles. The lowest BCUT2D eigenvalue weighted by Crippen LogP contribution is -2.47. The van der Waals surface area contributed by atoms with Gasteiger partial charge in [-0.05, 0) is 6.92 Å². The van der Waals surface area contributed by atoms with E-state index in [4.69, 9.17) is 9.47 Å². The largest absolute Gasteiger partial charge is 0.348 e. The van der Waals surface area contributed by atoms with Gasteiger partial charge in [0.2, 0.25) is 0 Å². The number of nitrogens with zero attached hydrogens (tertiary/aromatic N) is 2. The van der Waals surface area contributed by atoms with E-state index in [0.29, 0.717) is 32.0 Å². The zero-order chi connectivity index (χ0) is 12.6. The van der Waals surface area contributed by atoms with Crippen LogP contribution in [0.25, 0.3) is 0 Å². The van der Waals surface area contributed by atoms with Crippen molar-refractivity contribution >= 4 is 5.91 Å². The monoisotopic (exact) mass is 251 g/mol. The zero-order valence-corrected chi connectivity index (χ0v) is 10.4. The number of carbonyl (C=O) groups is 1. The number of rotatable bonds is 1. The summed E-state index contributed by atoms with van der Waals surface area (Å²) in [6, 6.07) is 0. The SMILES string of the molecule is Cc1[nH]cnc1C(=O)N1CCC2(CC1)OCCO2. The summed E-state index contributed by atoms with van der Waals surface area (Å²) in [6.45, 7) is 4.49. The van der Waals surface area contributed by atoms with Gasteiger partial charge in [-0.3, -0.25) is 4.79 Å². The summed E-state index contributed by atoms with van der Waals surface area (Å²) >= 11 is 0. The molecule has 1 N–H and O–H groups in total. The van der Waals surface area contributed by atoms with Crippen LogP contribution in [0.3, 0.4) is 0 Å². The number of hydrogen-bond donors (Lipinski definition) is 1. The van der Waals surface area contributed by atoms with Gasteiger partial charge in [-0.25, -0.2) is 4.98 Å². The number of aryl methyl sites for hydroxylation is 1. The summed E-state index contributed by atoms with van der Waals surface area (Å²) in [5.74, 6) is -0.446. The van der Waals surface area contributed by atoms with Gasteiger partial charge in [-0.2, -0.15) is 0 Å². The van der Waals surface area contributed by atoms with Crippen molar-refractivity contribution in [3.05, 3.63) is 17.7 Å². The minimum Gasteiger partial charge on any atom is -0.348 e. The quantitative estimate of drug-likeness (QED) is 0.797. The van der Waals surface area contributed by atoms with Crippen LogP contribution in [0.5, 0.6) is 0 Å². The molecule has 0 radical (unpaired) electrons. The van der Waals surface area contributed by atoms with Crippen molar-refractivity contribution < 1.29 is 14.3 Å². The molecule has 18 heavy (non-hydrogen) atoms. The Kier molecular flexibility index (Phi) is 2.83. The van der Waals surface area contributed by atoms with Gasteiger partial charge in [0, 0.05) is 31.6 Å². The molecular formula is C12H17N3O3. The first-order valence-electron chi connectivity index (χ1n) is 6.27. The fraction of sp³-hybridized carbons (Fsp3) is 0.667. The zero-order valence-electron chi connectivity index (χ0n) is 10.4. The van der Waals surface area contributed by atoms with Gasteiger partial charge in [-0.1, -0.05) is 0 Å². The number of carbonyl (C=O) groups excluding carboxylic acids is 1. The van der Waals surface area contributed by atoms with E-state index < -0.39 is 5.79 Å². The molecular weight excluding hydrogens is 234 g/mol. The molecule has 1 aromatic heterocycles. The molecule has 1 aromatic rings. The van der Waals surface area contributed by atoms with Gasteiger partial charge in [0.25, 0.3) is 5.91 Å². The Morgan fingerprint density at radius 1 is 1.39 bits per heavy atom. The summed E-state index contributed by atoms with van der Waals surface area (Å²) in [4.78, 5) is 21.1. The lowest BCUT2D eigenvalue weighted by molar-refractivity contribution is -0.181. The molecule has 2 fully saturated rings. The van der Waals surface area contributed by atoms with Crippen molar-refractivity contribution in [1.29, 1.82) is 0 Å². The summed E-state index contributed by atoms with van der Waals surface area (Å²) in [5, 5.41) is 0. The second-order valence-electron chi connectivity index (χ2n) is 4.78. The molecule has 2 aliphatic heterocycles. The standard InChI is InChI=1S/C12H17N3O3/c1-9-10(14-8-13-9)11(16)15-4-2-12(3-5-15)17-6-7-18-12/h8H,2-7H2,1H3,(H,13,14). The van der Waals surface area contributed by atoms with E-state index in [9.17, 15) is 4.79 Å². The molecule has 0 aliphatic carbocycles. The number of H-pyrrole nitrogens is 1. The number of aromatic nitrogens is 2. The number of amides is 1. The number of imidazole rings is 1. The molecule has 1 amide bonds. The summed E-state index contributed by atoms with van der Waals surface area (Å²) in [5.41, 5.74) is 1.33. The van der Waals surface area contributed by atoms with Crippen LogP contribution in [-0.4, -0.2) is 52.9 Å². The second-order valence-corrected chi connectivity index (χ2v) is 4.78. The molecule has 2 aliphatic rings. The van der Waals surface area contributed by atoms with Crippen LogP contribution in [0, 0.1) is 6.92 Å². The van der Waals surface area contributed by atoms with Gasteiger partial charge < -0.3 is 19.4 Å². The average Bonchev–Trinajstić information content (AvgIpc) is 2.99. The number of aromatic amines is 1. The fourth-order valence-corrected chi connectivity index (χ4v) is 2.56. The summed E-state index contributed by atoms with van der Waals surface area (Å²) < 4.78 is 11.3. The fourth-order valence-electron chi connectivity index (χ4n) is 2.56. The van der Waals surface area contributed by atoms with Crippen molar-refractivity contribution in [3.63, 3.8) is 0 Å². The minimum atomic E-state index is -0.433. The van der Waals surface area contributed by atoms with Crippen molar-refractivity contribution in [2.75, 3.05) is 26.3 Å². The summed E-state index contributed by atoms with van der Waals surface area (Å²) in [6.07, 6.45) is 3.03. The van der Waals surface area contributed by atoms with E-state index in [1.807, 2.05) is 11.8 Å².